The third kappa shape index (κ3) is 8.47. The van der Waals surface area contributed by atoms with Crippen LogP contribution in [0.5, 0.6) is 0 Å². The molecule has 0 aromatic rings. The Morgan fingerprint density at radius 3 is 2.24 bits per heavy atom. The number of hydrogen-bond donors (Lipinski definition) is 0. The van der Waals surface area contributed by atoms with E-state index in [1.54, 1.807) is 0 Å². The van der Waals surface area contributed by atoms with Gasteiger partial charge in [-0.25, -0.2) is 0 Å². The van der Waals surface area contributed by atoms with Crippen LogP contribution in [-0.4, -0.2) is 45.8 Å². The lowest BCUT2D eigenvalue weighted by molar-refractivity contribution is 0.311. The van der Waals surface area contributed by atoms with Gasteiger partial charge in [0.05, 0.1) is 9.88 Å². The summed E-state index contributed by atoms with van der Waals surface area (Å²) >= 11 is 1.12. The van der Waals surface area contributed by atoms with Crippen molar-refractivity contribution >= 4 is 27.2 Å². The molecule has 0 N–H and O–H groups in total. The van der Waals surface area contributed by atoms with Crippen molar-refractivity contribution in [1.29, 1.82) is 0 Å². The van der Waals surface area contributed by atoms with Gasteiger partial charge in [-0.3, -0.25) is 0 Å². The van der Waals surface area contributed by atoms with Crippen molar-refractivity contribution in [3.8, 4) is 0 Å². The fourth-order valence-electron chi connectivity index (χ4n) is 0.657. The Morgan fingerprint density at radius 1 is 1.29 bits per heavy atom. The van der Waals surface area contributed by atoms with Crippen molar-refractivity contribution in [2.45, 2.75) is 38.9 Å². The summed E-state index contributed by atoms with van der Waals surface area (Å²) in [6, 6.07) is 0. The first kappa shape index (κ1) is 11.6. The van der Waals surface area contributed by atoms with Crippen LogP contribution in [0.2, 0.25) is 18.1 Å². The maximum absolute atomic E-state index is 11.8. The molecule has 0 bridgehead atoms. The highest BCUT2D eigenvalue weighted by atomic mass is 32.2. The molecule has 0 fully saturated rings. The minimum Gasteiger partial charge on any atom is -0.416 e. The predicted molar refractivity (Wildman–Crippen MR) is 84.8 cm³/mol. The van der Waals surface area contributed by atoms with Crippen LogP contribution < -0.4 is 0 Å². The highest BCUT2D eigenvalue weighted by Gasteiger charge is 2.36. The Hall–Kier alpha value is 0.757. The minimum atomic E-state index is -2.86. The highest BCUT2D eigenvalue weighted by molar-refractivity contribution is 7.99. The first-order chi connectivity index (χ1) is 8.91. The van der Waals surface area contributed by atoms with Crippen LogP contribution in [-0.2, 0) is 8.99 Å². The number of hydrogen-bond acceptors (Lipinski definition) is 3. The summed E-state index contributed by atoms with van der Waals surface area (Å²) in [6.07, 6.45) is -1.77. The molecule has 0 saturated carbocycles. The lowest BCUT2D eigenvalue weighted by Crippen LogP contribution is -2.41. The van der Waals surface area contributed by atoms with Crippen LogP contribution in [0.3, 0.4) is 0 Å². The van der Waals surface area contributed by atoms with Gasteiger partial charge in [0.25, 0.3) is 0 Å². The van der Waals surface area contributed by atoms with E-state index in [-0.39, 0.29) is 16.5 Å². The third-order valence-electron chi connectivity index (χ3n) is 2.84. The van der Waals surface area contributed by atoms with E-state index in [0.717, 1.165) is 11.8 Å². The van der Waals surface area contributed by atoms with E-state index >= 15 is 0 Å². The standard InChI is InChI=1S/C12H29O2PSSi/c1-12(2,3)17(6,7)14-8-10-16-11-9-15(4,5)13/h8-11H2,1-7H3/i8D2,9D2. The summed E-state index contributed by atoms with van der Waals surface area (Å²) in [5.41, 5.74) is 0. The molecule has 0 atom stereocenters. The molecular formula is C12H29O2PSSi. The molecule has 0 heterocycles. The summed E-state index contributed by atoms with van der Waals surface area (Å²) in [5, 5.41) is -0.0812. The summed E-state index contributed by atoms with van der Waals surface area (Å²) in [7, 11) is -5.07. The lowest BCUT2D eigenvalue weighted by Gasteiger charge is -2.36. The van der Waals surface area contributed by atoms with Crippen molar-refractivity contribution in [2.75, 3.05) is 37.5 Å². The number of thioether (sulfide) groups is 1. The Morgan fingerprint density at radius 2 is 1.82 bits per heavy atom. The molecule has 0 unspecified atom stereocenters. The van der Waals surface area contributed by atoms with Gasteiger partial charge >= 0.3 is 0 Å². The fraction of sp³-hybridized carbons (Fsp3) is 1.00. The average molecular weight is 301 g/mol. The van der Waals surface area contributed by atoms with Crippen LogP contribution in [0.25, 0.3) is 0 Å². The predicted octanol–water partition coefficient (Wildman–Crippen LogP) is 4.36. The van der Waals surface area contributed by atoms with E-state index < -0.39 is 28.1 Å². The van der Waals surface area contributed by atoms with Crippen molar-refractivity contribution in [3.05, 3.63) is 0 Å². The maximum atomic E-state index is 11.8. The lowest BCUT2D eigenvalue weighted by atomic mass is 10.2. The van der Waals surface area contributed by atoms with E-state index in [2.05, 4.69) is 0 Å². The van der Waals surface area contributed by atoms with Crippen LogP contribution in [0, 0.1) is 0 Å². The van der Waals surface area contributed by atoms with Crippen LogP contribution in [0.4, 0.5) is 0 Å². The molecule has 0 spiro atoms. The maximum Gasteiger partial charge on any atom is 0.192 e. The van der Waals surface area contributed by atoms with Crippen molar-refractivity contribution < 1.29 is 14.5 Å². The van der Waals surface area contributed by atoms with Crippen molar-refractivity contribution in [1.82, 2.24) is 0 Å². The molecule has 5 heteroatoms. The van der Waals surface area contributed by atoms with Gasteiger partial charge in [0.15, 0.2) is 8.32 Å². The molecule has 0 aliphatic heterocycles. The zero-order chi connectivity index (χ0) is 17.3. The molecule has 0 amide bonds. The molecule has 0 rings (SSSR count). The monoisotopic (exact) mass is 300 g/mol. The normalized spacial score (nSPS) is 19.2. The summed E-state index contributed by atoms with van der Waals surface area (Å²) < 4.78 is 49.2. The summed E-state index contributed by atoms with van der Waals surface area (Å²) in [5.74, 6) is 0.0523. The molecule has 0 radical (unpaired) electrons. The third-order valence-corrected chi connectivity index (χ3v) is 8.91. The Kier molecular flexibility index (Phi) is 4.62. The van der Waals surface area contributed by atoms with Gasteiger partial charge in [-0.05, 0) is 31.5 Å². The highest BCUT2D eigenvalue weighted by Crippen LogP contribution is 2.37. The van der Waals surface area contributed by atoms with Gasteiger partial charge in [-0.1, -0.05) is 20.8 Å². The molecule has 0 aliphatic rings. The molecular weight excluding hydrogens is 267 g/mol. The van der Waals surface area contributed by atoms with E-state index in [1.807, 2.05) is 33.9 Å². The molecule has 0 saturated heterocycles. The van der Waals surface area contributed by atoms with Gasteiger partial charge in [-0.15, -0.1) is 0 Å². The molecule has 0 aromatic heterocycles. The largest absolute Gasteiger partial charge is 0.416 e. The summed E-state index contributed by atoms with van der Waals surface area (Å²) in [4.78, 5) is 0. The first-order valence-electron chi connectivity index (χ1n) is 7.74. The SMILES string of the molecule is [2H]C([2H])(CSCC([2H])([2H])P(C)(C)=O)O[Si](C)(C)C(C)(C)C. The topological polar surface area (TPSA) is 26.3 Å². The quantitative estimate of drug-likeness (QED) is 0.516. The Balaban J connectivity index is 4.63. The zero-order valence-electron chi connectivity index (χ0n) is 16.1. The minimum absolute atomic E-state index is 0.0116. The molecule has 0 aromatic carbocycles. The van der Waals surface area contributed by atoms with Crippen molar-refractivity contribution in [3.63, 3.8) is 0 Å². The van der Waals surface area contributed by atoms with Gasteiger partial charge in [0, 0.05) is 26.9 Å². The smallest absolute Gasteiger partial charge is 0.192 e. The number of rotatable bonds is 7. The Bertz CT molecular complexity index is 405. The second-order valence-corrected chi connectivity index (χ2v) is 14.7. The van der Waals surface area contributed by atoms with Crippen LogP contribution >= 0.6 is 18.9 Å². The van der Waals surface area contributed by atoms with E-state index in [9.17, 15) is 4.57 Å². The van der Waals surface area contributed by atoms with Gasteiger partial charge < -0.3 is 8.99 Å². The second-order valence-electron chi connectivity index (χ2n) is 6.01. The van der Waals surface area contributed by atoms with Crippen LogP contribution in [0.15, 0.2) is 0 Å². The zero-order valence-corrected chi connectivity index (χ0v) is 14.8. The van der Waals surface area contributed by atoms with Gasteiger partial charge in [-0.2, -0.15) is 11.8 Å². The van der Waals surface area contributed by atoms with E-state index in [4.69, 9.17) is 9.91 Å². The average Bonchev–Trinajstić information content (AvgIpc) is 2.10. The van der Waals surface area contributed by atoms with E-state index in [0.29, 0.717) is 0 Å². The molecule has 17 heavy (non-hydrogen) atoms. The van der Waals surface area contributed by atoms with Gasteiger partial charge in [0.1, 0.15) is 0 Å². The molecule has 0 aliphatic carbocycles. The molecule has 104 valence electrons. The van der Waals surface area contributed by atoms with Crippen LogP contribution in [0.1, 0.15) is 26.3 Å². The summed E-state index contributed by atoms with van der Waals surface area (Å²) in [6.45, 7) is 11.2. The fourth-order valence-corrected chi connectivity index (χ4v) is 3.35. The Labute approximate surface area is 118 Å². The van der Waals surface area contributed by atoms with Gasteiger partial charge in [0.2, 0.25) is 0 Å². The molecule has 2 nitrogen and oxygen atoms in total. The van der Waals surface area contributed by atoms with Crippen molar-refractivity contribution in [2.24, 2.45) is 0 Å². The first-order valence-corrected chi connectivity index (χ1v) is 12.4. The van der Waals surface area contributed by atoms with E-state index in [1.165, 1.54) is 13.3 Å². The second kappa shape index (κ2) is 6.79.